The van der Waals surface area contributed by atoms with Gasteiger partial charge < -0.3 is 0 Å². The van der Waals surface area contributed by atoms with Crippen LogP contribution in [0.5, 0.6) is 0 Å². The standard InChI is InChI=1S/C15H12OS/c1-9-5-10(2)15-13(6-9)12-7-11(8-16)3-4-14(12)17-15/h3-8H,1-2H3. The van der Waals surface area contributed by atoms with E-state index in [2.05, 4.69) is 26.0 Å². The molecule has 3 aromatic rings. The molecule has 0 atom stereocenters. The van der Waals surface area contributed by atoms with Crippen LogP contribution in [0.1, 0.15) is 21.5 Å². The molecule has 2 aromatic carbocycles. The van der Waals surface area contributed by atoms with Crippen molar-refractivity contribution < 1.29 is 4.79 Å². The monoisotopic (exact) mass is 240 g/mol. The van der Waals surface area contributed by atoms with Crippen LogP contribution in [0.15, 0.2) is 30.3 Å². The molecule has 0 N–H and O–H groups in total. The topological polar surface area (TPSA) is 17.1 Å². The Balaban J connectivity index is 2.52. The van der Waals surface area contributed by atoms with E-state index in [1.165, 1.54) is 31.3 Å². The molecule has 84 valence electrons. The molecule has 1 aromatic heterocycles. The molecule has 0 amide bonds. The second-order valence-corrected chi connectivity index (χ2v) is 5.49. The Bertz CT molecular complexity index is 737. The SMILES string of the molecule is Cc1cc(C)c2sc3ccc(C=O)cc3c2c1. The predicted octanol–water partition coefficient (Wildman–Crippen LogP) is 4.48. The lowest BCUT2D eigenvalue weighted by molar-refractivity contribution is 0.112. The summed E-state index contributed by atoms with van der Waals surface area (Å²) in [7, 11) is 0. The van der Waals surface area contributed by atoms with Crippen LogP contribution in [-0.2, 0) is 0 Å². The molecule has 0 fully saturated rings. The van der Waals surface area contributed by atoms with Gasteiger partial charge in [0.15, 0.2) is 0 Å². The molecule has 0 spiro atoms. The largest absolute Gasteiger partial charge is 0.298 e. The second kappa shape index (κ2) is 3.67. The highest BCUT2D eigenvalue weighted by Gasteiger charge is 2.08. The van der Waals surface area contributed by atoms with E-state index in [-0.39, 0.29) is 0 Å². The summed E-state index contributed by atoms with van der Waals surface area (Å²) in [4.78, 5) is 10.8. The van der Waals surface area contributed by atoms with Gasteiger partial charge in [-0.3, -0.25) is 4.79 Å². The summed E-state index contributed by atoms with van der Waals surface area (Å²) in [6.45, 7) is 4.25. The van der Waals surface area contributed by atoms with Gasteiger partial charge in [-0.25, -0.2) is 0 Å². The molecule has 1 heterocycles. The zero-order valence-electron chi connectivity index (χ0n) is 9.78. The van der Waals surface area contributed by atoms with Gasteiger partial charge >= 0.3 is 0 Å². The van der Waals surface area contributed by atoms with Gasteiger partial charge in [-0.05, 0) is 37.6 Å². The average Bonchev–Trinajstić information content (AvgIpc) is 2.67. The van der Waals surface area contributed by atoms with Crippen LogP contribution in [0, 0.1) is 13.8 Å². The van der Waals surface area contributed by atoms with Gasteiger partial charge in [0.2, 0.25) is 0 Å². The summed E-state index contributed by atoms with van der Waals surface area (Å²) in [5.74, 6) is 0. The first-order valence-electron chi connectivity index (χ1n) is 5.58. The van der Waals surface area contributed by atoms with Gasteiger partial charge in [-0.15, -0.1) is 11.3 Å². The lowest BCUT2D eigenvalue weighted by Gasteiger charge is -1.99. The minimum Gasteiger partial charge on any atom is -0.298 e. The van der Waals surface area contributed by atoms with Gasteiger partial charge in [-0.1, -0.05) is 17.7 Å². The Morgan fingerprint density at radius 3 is 2.65 bits per heavy atom. The molecule has 0 saturated carbocycles. The summed E-state index contributed by atoms with van der Waals surface area (Å²) in [6.07, 6.45) is 0.908. The zero-order valence-corrected chi connectivity index (χ0v) is 10.6. The molecule has 17 heavy (non-hydrogen) atoms. The molecule has 0 unspecified atom stereocenters. The lowest BCUT2D eigenvalue weighted by atomic mass is 10.1. The minimum absolute atomic E-state index is 0.747. The van der Waals surface area contributed by atoms with Crippen molar-refractivity contribution in [3.8, 4) is 0 Å². The quantitative estimate of drug-likeness (QED) is 0.573. The van der Waals surface area contributed by atoms with Crippen molar-refractivity contribution in [3.05, 3.63) is 47.0 Å². The van der Waals surface area contributed by atoms with E-state index in [9.17, 15) is 4.79 Å². The van der Waals surface area contributed by atoms with Gasteiger partial charge in [0.1, 0.15) is 6.29 Å². The third-order valence-corrected chi connectivity index (χ3v) is 4.38. The average molecular weight is 240 g/mol. The predicted molar refractivity (Wildman–Crippen MR) is 74.2 cm³/mol. The number of carbonyl (C=O) groups is 1. The fourth-order valence-electron chi connectivity index (χ4n) is 2.32. The van der Waals surface area contributed by atoms with E-state index < -0.39 is 0 Å². The van der Waals surface area contributed by atoms with E-state index in [1.807, 2.05) is 18.2 Å². The van der Waals surface area contributed by atoms with E-state index in [1.54, 1.807) is 11.3 Å². The van der Waals surface area contributed by atoms with Crippen LogP contribution in [0.25, 0.3) is 20.2 Å². The molecule has 0 saturated heterocycles. The van der Waals surface area contributed by atoms with Gasteiger partial charge in [0, 0.05) is 25.7 Å². The smallest absolute Gasteiger partial charge is 0.150 e. The number of aldehydes is 1. The molecule has 1 nitrogen and oxygen atoms in total. The highest BCUT2D eigenvalue weighted by atomic mass is 32.1. The number of hydrogen-bond acceptors (Lipinski definition) is 2. The number of aryl methyl sites for hydroxylation is 2. The normalized spacial score (nSPS) is 11.2. The Morgan fingerprint density at radius 2 is 1.88 bits per heavy atom. The maximum absolute atomic E-state index is 10.8. The summed E-state index contributed by atoms with van der Waals surface area (Å²) in [6, 6.07) is 10.3. The third-order valence-electron chi connectivity index (χ3n) is 3.06. The van der Waals surface area contributed by atoms with E-state index >= 15 is 0 Å². The molecular weight excluding hydrogens is 228 g/mol. The van der Waals surface area contributed by atoms with Gasteiger partial charge in [-0.2, -0.15) is 0 Å². The Labute approximate surface area is 104 Å². The molecule has 3 rings (SSSR count). The van der Waals surface area contributed by atoms with Gasteiger partial charge in [0.25, 0.3) is 0 Å². The minimum atomic E-state index is 0.747. The summed E-state index contributed by atoms with van der Waals surface area (Å²) < 4.78 is 2.58. The van der Waals surface area contributed by atoms with E-state index in [0.29, 0.717) is 0 Å². The highest BCUT2D eigenvalue weighted by molar-refractivity contribution is 7.26. The number of benzene rings is 2. The van der Waals surface area contributed by atoms with E-state index in [0.717, 1.165) is 11.8 Å². The Kier molecular flexibility index (Phi) is 2.26. The van der Waals surface area contributed by atoms with Crippen molar-refractivity contribution in [2.45, 2.75) is 13.8 Å². The highest BCUT2D eigenvalue weighted by Crippen LogP contribution is 2.36. The molecule has 0 aliphatic carbocycles. The van der Waals surface area contributed by atoms with Crippen molar-refractivity contribution in [1.29, 1.82) is 0 Å². The number of fused-ring (bicyclic) bond motifs is 3. The Hall–Kier alpha value is -1.67. The molecule has 0 aliphatic rings. The number of carbonyl (C=O) groups excluding carboxylic acids is 1. The molecular formula is C15H12OS. The van der Waals surface area contributed by atoms with Crippen molar-refractivity contribution in [2.75, 3.05) is 0 Å². The molecule has 0 bridgehead atoms. The van der Waals surface area contributed by atoms with Crippen LogP contribution in [-0.4, -0.2) is 6.29 Å². The summed E-state index contributed by atoms with van der Waals surface area (Å²) in [5, 5.41) is 2.47. The fraction of sp³-hybridized carbons (Fsp3) is 0.133. The van der Waals surface area contributed by atoms with Crippen molar-refractivity contribution in [3.63, 3.8) is 0 Å². The van der Waals surface area contributed by atoms with Crippen molar-refractivity contribution in [1.82, 2.24) is 0 Å². The maximum Gasteiger partial charge on any atom is 0.150 e. The Morgan fingerprint density at radius 1 is 1.06 bits per heavy atom. The second-order valence-electron chi connectivity index (χ2n) is 4.43. The lowest BCUT2D eigenvalue weighted by Crippen LogP contribution is -1.79. The van der Waals surface area contributed by atoms with E-state index in [4.69, 9.17) is 0 Å². The third kappa shape index (κ3) is 1.56. The fourth-order valence-corrected chi connectivity index (χ4v) is 3.45. The van der Waals surface area contributed by atoms with Crippen molar-refractivity contribution >= 4 is 37.8 Å². The molecule has 2 heteroatoms. The first kappa shape index (κ1) is 10.5. The first-order valence-corrected chi connectivity index (χ1v) is 6.39. The van der Waals surface area contributed by atoms with Crippen LogP contribution in [0.4, 0.5) is 0 Å². The summed E-state index contributed by atoms with van der Waals surface area (Å²) >= 11 is 1.80. The first-order chi connectivity index (χ1) is 8.19. The van der Waals surface area contributed by atoms with Crippen molar-refractivity contribution in [2.24, 2.45) is 0 Å². The maximum atomic E-state index is 10.8. The van der Waals surface area contributed by atoms with Crippen LogP contribution in [0.2, 0.25) is 0 Å². The van der Waals surface area contributed by atoms with Crippen LogP contribution >= 0.6 is 11.3 Å². The molecule has 0 aliphatic heterocycles. The zero-order chi connectivity index (χ0) is 12.0. The summed E-state index contributed by atoms with van der Waals surface area (Å²) in [5.41, 5.74) is 3.33. The van der Waals surface area contributed by atoms with Gasteiger partial charge in [0.05, 0.1) is 0 Å². The number of rotatable bonds is 1. The molecule has 0 radical (unpaired) electrons. The van der Waals surface area contributed by atoms with Crippen LogP contribution < -0.4 is 0 Å². The number of hydrogen-bond donors (Lipinski definition) is 0. The number of thiophene rings is 1. The van der Waals surface area contributed by atoms with Crippen LogP contribution in [0.3, 0.4) is 0 Å².